The van der Waals surface area contributed by atoms with E-state index in [4.69, 9.17) is 5.73 Å². The van der Waals surface area contributed by atoms with Crippen LogP contribution in [0.4, 0.5) is 0 Å². The molecule has 0 aromatic carbocycles. The molecule has 1 aromatic heterocycles. The first-order valence-electron chi connectivity index (χ1n) is 5.93. The quantitative estimate of drug-likeness (QED) is 0.825. The predicted molar refractivity (Wildman–Crippen MR) is 67.1 cm³/mol. The van der Waals surface area contributed by atoms with Gasteiger partial charge >= 0.3 is 0 Å². The predicted octanol–water partition coefficient (Wildman–Crippen LogP) is 1.54. The highest BCUT2D eigenvalue weighted by Gasteiger charge is 2.33. The van der Waals surface area contributed by atoms with Crippen LogP contribution in [-0.4, -0.2) is 33.3 Å². The van der Waals surface area contributed by atoms with E-state index in [0.717, 1.165) is 18.8 Å². The zero-order chi connectivity index (χ0) is 12.3. The summed E-state index contributed by atoms with van der Waals surface area (Å²) >= 11 is 0. The SMILES string of the molecule is CCN(CC)C(C)(C)C(N)c1ccnn1C. The number of hydrogen-bond acceptors (Lipinski definition) is 3. The van der Waals surface area contributed by atoms with Gasteiger partial charge in [-0.05, 0) is 33.0 Å². The maximum absolute atomic E-state index is 6.37. The number of aryl methyl sites for hydroxylation is 1. The lowest BCUT2D eigenvalue weighted by molar-refractivity contribution is 0.104. The van der Waals surface area contributed by atoms with Gasteiger partial charge in [-0.2, -0.15) is 5.10 Å². The normalized spacial score (nSPS) is 14.4. The van der Waals surface area contributed by atoms with E-state index in [9.17, 15) is 0 Å². The topological polar surface area (TPSA) is 47.1 Å². The first kappa shape index (κ1) is 13.2. The van der Waals surface area contributed by atoms with Gasteiger partial charge in [0, 0.05) is 18.8 Å². The van der Waals surface area contributed by atoms with E-state index in [1.54, 1.807) is 6.20 Å². The number of nitrogens with zero attached hydrogens (tertiary/aromatic N) is 3. The van der Waals surface area contributed by atoms with Crippen molar-refractivity contribution in [3.63, 3.8) is 0 Å². The highest BCUT2D eigenvalue weighted by atomic mass is 15.3. The molecule has 0 aliphatic rings. The zero-order valence-corrected chi connectivity index (χ0v) is 11.1. The molecule has 0 radical (unpaired) electrons. The molecule has 1 aromatic rings. The average Bonchev–Trinajstić information content (AvgIpc) is 2.64. The first-order valence-corrected chi connectivity index (χ1v) is 5.93. The fourth-order valence-corrected chi connectivity index (χ4v) is 2.29. The summed E-state index contributed by atoms with van der Waals surface area (Å²) in [5.74, 6) is 0. The first-order chi connectivity index (χ1) is 7.45. The minimum absolute atomic E-state index is 0.0279. The van der Waals surface area contributed by atoms with Crippen molar-refractivity contribution in [1.82, 2.24) is 14.7 Å². The van der Waals surface area contributed by atoms with Gasteiger partial charge in [-0.1, -0.05) is 13.8 Å². The Bertz CT molecular complexity index is 326. The van der Waals surface area contributed by atoms with E-state index in [1.807, 2.05) is 17.8 Å². The summed E-state index contributed by atoms with van der Waals surface area (Å²) in [6.45, 7) is 10.7. The number of aromatic nitrogens is 2. The van der Waals surface area contributed by atoms with E-state index in [0.29, 0.717) is 0 Å². The molecule has 1 atom stereocenters. The molecule has 1 unspecified atom stereocenters. The van der Waals surface area contributed by atoms with Crippen molar-refractivity contribution in [2.75, 3.05) is 13.1 Å². The molecule has 0 amide bonds. The van der Waals surface area contributed by atoms with Gasteiger partial charge in [0.2, 0.25) is 0 Å². The van der Waals surface area contributed by atoms with Gasteiger partial charge in [0.25, 0.3) is 0 Å². The Kier molecular flexibility index (Phi) is 4.10. The number of hydrogen-bond donors (Lipinski definition) is 1. The largest absolute Gasteiger partial charge is 0.321 e. The van der Waals surface area contributed by atoms with Gasteiger partial charge in [-0.3, -0.25) is 9.58 Å². The third-order valence-electron chi connectivity index (χ3n) is 3.52. The molecular weight excluding hydrogens is 200 g/mol. The lowest BCUT2D eigenvalue weighted by Crippen LogP contribution is -2.51. The van der Waals surface area contributed by atoms with Gasteiger partial charge < -0.3 is 5.73 Å². The molecule has 0 bridgehead atoms. The maximum Gasteiger partial charge on any atom is 0.0648 e. The van der Waals surface area contributed by atoms with Crippen LogP contribution in [-0.2, 0) is 7.05 Å². The van der Waals surface area contributed by atoms with E-state index in [-0.39, 0.29) is 11.6 Å². The van der Waals surface area contributed by atoms with Gasteiger partial charge in [0.15, 0.2) is 0 Å². The summed E-state index contributed by atoms with van der Waals surface area (Å²) in [6.07, 6.45) is 1.80. The highest BCUT2D eigenvalue weighted by Crippen LogP contribution is 2.28. The second-order valence-corrected chi connectivity index (χ2v) is 4.68. The number of likely N-dealkylation sites (N-methyl/N-ethyl adjacent to an activating group) is 1. The molecule has 4 heteroatoms. The number of nitrogens with two attached hydrogens (primary N) is 1. The zero-order valence-electron chi connectivity index (χ0n) is 11.1. The van der Waals surface area contributed by atoms with Crippen LogP contribution in [0.5, 0.6) is 0 Å². The van der Waals surface area contributed by atoms with Crippen LogP contribution in [0.25, 0.3) is 0 Å². The molecule has 16 heavy (non-hydrogen) atoms. The van der Waals surface area contributed by atoms with Gasteiger partial charge in [-0.25, -0.2) is 0 Å². The molecule has 0 fully saturated rings. The molecule has 0 saturated heterocycles. The van der Waals surface area contributed by atoms with Crippen LogP contribution < -0.4 is 5.73 Å². The van der Waals surface area contributed by atoms with Crippen LogP contribution >= 0.6 is 0 Å². The molecule has 1 heterocycles. The van der Waals surface area contributed by atoms with Crippen molar-refractivity contribution < 1.29 is 0 Å². The van der Waals surface area contributed by atoms with Gasteiger partial charge in [-0.15, -0.1) is 0 Å². The molecular formula is C12H24N4. The smallest absolute Gasteiger partial charge is 0.0648 e. The van der Waals surface area contributed by atoms with Crippen molar-refractivity contribution >= 4 is 0 Å². The Morgan fingerprint density at radius 1 is 1.44 bits per heavy atom. The maximum atomic E-state index is 6.37. The summed E-state index contributed by atoms with van der Waals surface area (Å²) in [7, 11) is 1.94. The summed E-state index contributed by atoms with van der Waals surface area (Å²) in [6, 6.07) is 1.97. The lowest BCUT2D eigenvalue weighted by Gasteiger charge is -2.41. The van der Waals surface area contributed by atoms with Crippen molar-refractivity contribution in [2.45, 2.75) is 39.3 Å². The fourth-order valence-electron chi connectivity index (χ4n) is 2.29. The van der Waals surface area contributed by atoms with Crippen LogP contribution in [0, 0.1) is 0 Å². The minimum Gasteiger partial charge on any atom is -0.321 e. The Morgan fingerprint density at radius 3 is 2.38 bits per heavy atom. The third kappa shape index (κ3) is 2.28. The summed E-state index contributed by atoms with van der Waals surface area (Å²) in [5.41, 5.74) is 7.39. The molecule has 1 rings (SSSR count). The molecule has 92 valence electrons. The molecule has 0 spiro atoms. The van der Waals surface area contributed by atoms with Crippen LogP contribution in [0.1, 0.15) is 39.4 Å². The monoisotopic (exact) mass is 224 g/mol. The average molecular weight is 224 g/mol. The Hall–Kier alpha value is -0.870. The second kappa shape index (κ2) is 4.97. The number of rotatable bonds is 5. The molecule has 0 saturated carbocycles. The van der Waals surface area contributed by atoms with E-state index < -0.39 is 0 Å². The standard InChI is InChI=1S/C12H24N4/c1-6-16(7-2)12(3,4)11(13)10-8-9-14-15(10)5/h8-9,11H,6-7,13H2,1-5H3. The van der Waals surface area contributed by atoms with Crippen LogP contribution in [0.2, 0.25) is 0 Å². The van der Waals surface area contributed by atoms with Crippen LogP contribution in [0.3, 0.4) is 0 Å². The van der Waals surface area contributed by atoms with E-state index in [1.165, 1.54) is 0 Å². The Labute approximate surface area is 98.4 Å². The molecule has 0 aliphatic carbocycles. The molecule has 2 N–H and O–H groups in total. The fraction of sp³-hybridized carbons (Fsp3) is 0.750. The van der Waals surface area contributed by atoms with E-state index >= 15 is 0 Å². The summed E-state index contributed by atoms with van der Waals surface area (Å²) in [5, 5.41) is 4.18. The second-order valence-electron chi connectivity index (χ2n) is 4.68. The van der Waals surface area contributed by atoms with Crippen molar-refractivity contribution in [2.24, 2.45) is 12.8 Å². The van der Waals surface area contributed by atoms with Crippen molar-refractivity contribution in [3.8, 4) is 0 Å². The summed E-state index contributed by atoms with van der Waals surface area (Å²) in [4.78, 5) is 2.38. The molecule has 0 aliphatic heterocycles. The van der Waals surface area contributed by atoms with Crippen molar-refractivity contribution in [1.29, 1.82) is 0 Å². The van der Waals surface area contributed by atoms with Gasteiger partial charge in [0.05, 0.1) is 11.7 Å². The third-order valence-corrected chi connectivity index (χ3v) is 3.52. The Balaban J connectivity index is 2.95. The molecule has 4 nitrogen and oxygen atoms in total. The van der Waals surface area contributed by atoms with E-state index in [2.05, 4.69) is 37.7 Å². The summed E-state index contributed by atoms with van der Waals surface area (Å²) < 4.78 is 1.86. The minimum atomic E-state index is -0.0582. The highest BCUT2D eigenvalue weighted by molar-refractivity contribution is 5.12. The van der Waals surface area contributed by atoms with Crippen molar-refractivity contribution in [3.05, 3.63) is 18.0 Å². The lowest BCUT2D eigenvalue weighted by atomic mass is 9.90. The van der Waals surface area contributed by atoms with Gasteiger partial charge in [0.1, 0.15) is 0 Å². The van der Waals surface area contributed by atoms with Crippen LogP contribution in [0.15, 0.2) is 12.3 Å². The Morgan fingerprint density at radius 2 is 2.00 bits per heavy atom.